The summed E-state index contributed by atoms with van der Waals surface area (Å²) in [5.74, 6) is 2.40. The SMILES string of the molecule is CSc1c(-c2ccc3c(c2)OCO3)oc2ccc(-c3ccc(Br)cc3)cc12. The number of fused-ring (bicyclic) bond motifs is 2. The number of halogens is 1. The van der Waals surface area contributed by atoms with Gasteiger partial charge in [-0.2, -0.15) is 0 Å². The molecule has 3 aromatic carbocycles. The van der Waals surface area contributed by atoms with Gasteiger partial charge in [-0.25, -0.2) is 0 Å². The van der Waals surface area contributed by atoms with E-state index in [2.05, 4.69) is 58.6 Å². The lowest BCUT2D eigenvalue weighted by atomic mass is 10.0. The fourth-order valence-corrected chi connectivity index (χ4v) is 4.32. The van der Waals surface area contributed by atoms with Crippen LogP contribution in [-0.4, -0.2) is 13.0 Å². The van der Waals surface area contributed by atoms with E-state index in [9.17, 15) is 0 Å². The summed E-state index contributed by atoms with van der Waals surface area (Å²) in [5, 5.41) is 1.12. The number of hydrogen-bond donors (Lipinski definition) is 0. The van der Waals surface area contributed by atoms with Crippen molar-refractivity contribution in [3.05, 3.63) is 65.1 Å². The van der Waals surface area contributed by atoms with Crippen LogP contribution in [0, 0.1) is 0 Å². The van der Waals surface area contributed by atoms with E-state index in [1.807, 2.05) is 24.3 Å². The van der Waals surface area contributed by atoms with Gasteiger partial charge >= 0.3 is 0 Å². The van der Waals surface area contributed by atoms with Crippen molar-refractivity contribution in [1.82, 2.24) is 0 Å². The van der Waals surface area contributed by atoms with Gasteiger partial charge in [-0.1, -0.05) is 34.1 Å². The molecule has 1 aliphatic heterocycles. The van der Waals surface area contributed by atoms with E-state index in [0.717, 1.165) is 43.2 Å². The van der Waals surface area contributed by atoms with Crippen molar-refractivity contribution in [2.24, 2.45) is 0 Å². The van der Waals surface area contributed by atoms with Crippen molar-refractivity contribution < 1.29 is 13.9 Å². The topological polar surface area (TPSA) is 31.6 Å². The van der Waals surface area contributed by atoms with E-state index in [1.54, 1.807) is 11.8 Å². The second-order valence-electron chi connectivity index (χ2n) is 6.25. The van der Waals surface area contributed by atoms with Gasteiger partial charge < -0.3 is 13.9 Å². The van der Waals surface area contributed by atoms with Crippen LogP contribution >= 0.6 is 27.7 Å². The van der Waals surface area contributed by atoms with Crippen molar-refractivity contribution in [3.8, 4) is 33.9 Å². The molecule has 0 fully saturated rings. The van der Waals surface area contributed by atoms with Crippen molar-refractivity contribution in [2.45, 2.75) is 4.90 Å². The fourth-order valence-electron chi connectivity index (χ4n) is 3.33. The Hall–Kier alpha value is -2.37. The highest BCUT2D eigenvalue weighted by atomic mass is 79.9. The highest BCUT2D eigenvalue weighted by molar-refractivity contribution is 9.10. The molecule has 134 valence electrons. The van der Waals surface area contributed by atoms with Crippen LogP contribution in [0.2, 0.25) is 0 Å². The summed E-state index contributed by atoms with van der Waals surface area (Å²) in [6, 6.07) is 20.6. The molecular formula is C22H15BrO3S. The first-order valence-electron chi connectivity index (χ1n) is 8.49. The minimum absolute atomic E-state index is 0.269. The molecule has 0 atom stereocenters. The average molecular weight is 439 g/mol. The standard InChI is InChI=1S/C22H15BrO3S/c1-27-22-17-10-14(13-2-6-16(23)7-3-13)4-8-18(17)26-21(22)15-5-9-19-20(11-15)25-12-24-19/h2-11H,12H2,1H3. The molecule has 0 bridgehead atoms. The summed E-state index contributed by atoms with van der Waals surface area (Å²) in [6.07, 6.45) is 2.08. The van der Waals surface area contributed by atoms with Gasteiger partial charge in [-0.3, -0.25) is 0 Å². The van der Waals surface area contributed by atoms with Crippen molar-refractivity contribution >= 4 is 38.7 Å². The molecule has 2 heterocycles. The first kappa shape index (κ1) is 16.8. The second-order valence-corrected chi connectivity index (χ2v) is 7.98. The third-order valence-corrected chi connectivity index (χ3v) is 6.00. The number of furan rings is 1. The lowest BCUT2D eigenvalue weighted by molar-refractivity contribution is 0.174. The van der Waals surface area contributed by atoms with Gasteiger partial charge in [0, 0.05) is 15.4 Å². The van der Waals surface area contributed by atoms with Gasteiger partial charge in [0.1, 0.15) is 11.3 Å². The Labute approximate surface area is 169 Å². The first-order valence-corrected chi connectivity index (χ1v) is 10.5. The van der Waals surface area contributed by atoms with Gasteiger partial charge in [-0.05, 0) is 59.8 Å². The molecule has 1 aliphatic rings. The molecule has 0 aliphatic carbocycles. The molecule has 0 saturated heterocycles. The Morgan fingerprint density at radius 3 is 2.37 bits per heavy atom. The smallest absolute Gasteiger partial charge is 0.231 e. The zero-order valence-corrected chi connectivity index (χ0v) is 16.9. The van der Waals surface area contributed by atoms with Gasteiger partial charge in [-0.15, -0.1) is 11.8 Å². The van der Waals surface area contributed by atoms with Crippen molar-refractivity contribution in [2.75, 3.05) is 13.0 Å². The molecule has 4 aromatic rings. The molecule has 5 heteroatoms. The number of thioether (sulfide) groups is 1. The Kier molecular flexibility index (Phi) is 4.14. The van der Waals surface area contributed by atoms with E-state index in [4.69, 9.17) is 13.9 Å². The molecule has 0 spiro atoms. The third kappa shape index (κ3) is 2.91. The van der Waals surface area contributed by atoms with Crippen molar-refractivity contribution in [3.63, 3.8) is 0 Å². The Balaban J connectivity index is 1.65. The maximum absolute atomic E-state index is 6.22. The molecule has 27 heavy (non-hydrogen) atoms. The summed E-state index contributed by atoms with van der Waals surface area (Å²) in [4.78, 5) is 1.13. The molecule has 0 saturated carbocycles. The van der Waals surface area contributed by atoms with Crippen LogP contribution < -0.4 is 9.47 Å². The van der Waals surface area contributed by atoms with Crippen LogP contribution in [0.4, 0.5) is 0 Å². The fraction of sp³-hybridized carbons (Fsp3) is 0.0909. The lowest BCUT2D eigenvalue weighted by Crippen LogP contribution is -1.92. The van der Waals surface area contributed by atoms with Gasteiger partial charge in [0.2, 0.25) is 6.79 Å². The summed E-state index contributed by atoms with van der Waals surface area (Å²) < 4.78 is 18.2. The predicted octanol–water partition coefficient (Wildman–Crippen LogP) is 6.98. The normalized spacial score (nSPS) is 12.7. The highest BCUT2D eigenvalue weighted by Crippen LogP contribution is 2.43. The van der Waals surface area contributed by atoms with Crippen LogP contribution in [0.1, 0.15) is 0 Å². The highest BCUT2D eigenvalue weighted by Gasteiger charge is 2.20. The monoisotopic (exact) mass is 438 g/mol. The van der Waals surface area contributed by atoms with Crippen LogP contribution in [0.15, 0.2) is 74.4 Å². The van der Waals surface area contributed by atoms with Crippen LogP contribution in [0.3, 0.4) is 0 Å². The van der Waals surface area contributed by atoms with Crippen LogP contribution in [0.5, 0.6) is 11.5 Å². The molecule has 5 rings (SSSR count). The van der Waals surface area contributed by atoms with E-state index in [-0.39, 0.29) is 6.79 Å². The molecule has 3 nitrogen and oxygen atoms in total. The second kappa shape index (κ2) is 6.66. The minimum atomic E-state index is 0.269. The minimum Gasteiger partial charge on any atom is -0.455 e. The summed E-state index contributed by atoms with van der Waals surface area (Å²) in [6.45, 7) is 0.269. The predicted molar refractivity (Wildman–Crippen MR) is 113 cm³/mol. The van der Waals surface area contributed by atoms with E-state index in [0.29, 0.717) is 0 Å². The molecule has 1 aromatic heterocycles. The lowest BCUT2D eigenvalue weighted by Gasteiger charge is -2.03. The number of rotatable bonds is 3. The zero-order valence-electron chi connectivity index (χ0n) is 14.5. The largest absolute Gasteiger partial charge is 0.455 e. The Morgan fingerprint density at radius 1 is 0.815 bits per heavy atom. The number of hydrogen-bond acceptors (Lipinski definition) is 4. The average Bonchev–Trinajstić information content (AvgIpc) is 3.31. The Bertz CT molecular complexity index is 1150. The molecule has 0 N–H and O–H groups in total. The number of benzene rings is 3. The molecular weight excluding hydrogens is 424 g/mol. The van der Waals surface area contributed by atoms with Crippen molar-refractivity contribution in [1.29, 1.82) is 0 Å². The maximum atomic E-state index is 6.22. The summed E-state index contributed by atoms with van der Waals surface area (Å²) >= 11 is 5.19. The van der Waals surface area contributed by atoms with Crippen LogP contribution in [0.25, 0.3) is 33.4 Å². The molecule has 0 unspecified atom stereocenters. The summed E-state index contributed by atoms with van der Waals surface area (Å²) in [5.41, 5.74) is 4.22. The Morgan fingerprint density at radius 2 is 1.56 bits per heavy atom. The van der Waals surface area contributed by atoms with Gasteiger partial charge in [0.05, 0.1) is 4.90 Å². The zero-order chi connectivity index (χ0) is 18.4. The molecule has 0 amide bonds. The van der Waals surface area contributed by atoms with Gasteiger partial charge in [0.15, 0.2) is 11.5 Å². The van der Waals surface area contributed by atoms with E-state index >= 15 is 0 Å². The summed E-state index contributed by atoms with van der Waals surface area (Å²) in [7, 11) is 0. The quantitative estimate of drug-likeness (QED) is 0.322. The van der Waals surface area contributed by atoms with E-state index < -0.39 is 0 Å². The number of ether oxygens (including phenoxy) is 2. The maximum Gasteiger partial charge on any atom is 0.231 e. The van der Waals surface area contributed by atoms with Gasteiger partial charge in [0.25, 0.3) is 0 Å². The van der Waals surface area contributed by atoms with Crippen LogP contribution in [-0.2, 0) is 0 Å². The molecule has 0 radical (unpaired) electrons. The first-order chi connectivity index (χ1) is 13.2. The van der Waals surface area contributed by atoms with E-state index in [1.165, 1.54) is 11.1 Å². The third-order valence-electron chi connectivity index (χ3n) is 4.66.